The molecular formula is C15H23FN2O. The van der Waals surface area contributed by atoms with E-state index in [4.69, 9.17) is 5.73 Å². The molecule has 4 heteroatoms. The maximum Gasteiger partial charge on any atom is 0.220 e. The second kappa shape index (κ2) is 7.89. The van der Waals surface area contributed by atoms with Crippen LogP contribution in [-0.4, -0.2) is 12.5 Å². The zero-order valence-electron chi connectivity index (χ0n) is 11.7. The molecule has 0 aromatic heterocycles. The molecule has 0 radical (unpaired) electrons. The first kappa shape index (κ1) is 15.6. The Bertz CT molecular complexity index is 409. The Morgan fingerprint density at radius 1 is 1.37 bits per heavy atom. The van der Waals surface area contributed by atoms with Crippen LogP contribution in [0.25, 0.3) is 0 Å². The molecule has 2 atom stereocenters. The number of hydrogen-bond acceptors (Lipinski definition) is 2. The van der Waals surface area contributed by atoms with Crippen molar-refractivity contribution in [2.24, 2.45) is 11.7 Å². The van der Waals surface area contributed by atoms with Gasteiger partial charge in [0.1, 0.15) is 5.82 Å². The average molecular weight is 266 g/mol. The molecule has 3 nitrogen and oxygen atoms in total. The molecule has 1 aromatic carbocycles. The Morgan fingerprint density at radius 2 is 2.11 bits per heavy atom. The van der Waals surface area contributed by atoms with E-state index in [9.17, 15) is 9.18 Å². The van der Waals surface area contributed by atoms with Gasteiger partial charge in [0.15, 0.2) is 0 Å². The maximum absolute atomic E-state index is 13.1. The summed E-state index contributed by atoms with van der Waals surface area (Å²) < 4.78 is 13.1. The van der Waals surface area contributed by atoms with Crippen LogP contribution < -0.4 is 11.1 Å². The Balaban J connectivity index is 2.40. The predicted octanol–water partition coefficient (Wildman–Crippen LogP) is 2.77. The van der Waals surface area contributed by atoms with Gasteiger partial charge in [0.05, 0.1) is 6.04 Å². The van der Waals surface area contributed by atoms with Gasteiger partial charge in [0.25, 0.3) is 0 Å². The van der Waals surface area contributed by atoms with E-state index >= 15 is 0 Å². The van der Waals surface area contributed by atoms with Gasteiger partial charge in [-0.1, -0.05) is 19.1 Å². The zero-order valence-corrected chi connectivity index (χ0v) is 11.7. The third-order valence-electron chi connectivity index (χ3n) is 3.25. The molecule has 3 N–H and O–H groups in total. The number of amides is 1. The molecule has 0 heterocycles. The van der Waals surface area contributed by atoms with Crippen molar-refractivity contribution in [3.8, 4) is 0 Å². The van der Waals surface area contributed by atoms with Crippen LogP contribution in [0.3, 0.4) is 0 Å². The zero-order chi connectivity index (χ0) is 14.3. The van der Waals surface area contributed by atoms with Gasteiger partial charge in [-0.25, -0.2) is 4.39 Å². The van der Waals surface area contributed by atoms with Crippen molar-refractivity contribution in [3.05, 3.63) is 35.6 Å². The highest BCUT2D eigenvalue weighted by Gasteiger charge is 2.11. The standard InChI is InChI=1S/C15H23FN2O/c1-11(8-9-17)6-7-15(19)18-12(2)13-4-3-5-14(16)10-13/h3-5,10-12H,6-9,17H2,1-2H3,(H,18,19)/t11?,12-/m1/s1. The minimum absolute atomic E-state index is 0.000586. The summed E-state index contributed by atoms with van der Waals surface area (Å²) >= 11 is 0. The van der Waals surface area contributed by atoms with Crippen molar-refractivity contribution in [1.29, 1.82) is 0 Å². The lowest BCUT2D eigenvalue weighted by Crippen LogP contribution is -2.27. The highest BCUT2D eigenvalue weighted by molar-refractivity contribution is 5.76. The van der Waals surface area contributed by atoms with Crippen LogP contribution in [-0.2, 0) is 4.79 Å². The maximum atomic E-state index is 13.1. The first-order valence-electron chi connectivity index (χ1n) is 6.77. The summed E-state index contributed by atoms with van der Waals surface area (Å²) in [6.45, 7) is 4.61. The number of nitrogens with two attached hydrogens (primary N) is 1. The first-order valence-corrected chi connectivity index (χ1v) is 6.77. The normalized spacial score (nSPS) is 13.9. The van der Waals surface area contributed by atoms with Crippen LogP contribution in [0.15, 0.2) is 24.3 Å². The quantitative estimate of drug-likeness (QED) is 0.797. The molecule has 0 aliphatic carbocycles. The monoisotopic (exact) mass is 266 g/mol. The fourth-order valence-corrected chi connectivity index (χ4v) is 1.98. The average Bonchev–Trinajstić information content (AvgIpc) is 2.36. The molecular weight excluding hydrogens is 243 g/mol. The van der Waals surface area contributed by atoms with Gasteiger partial charge in [-0.05, 0) is 49.9 Å². The van der Waals surface area contributed by atoms with E-state index in [2.05, 4.69) is 12.2 Å². The molecule has 0 aliphatic rings. The van der Waals surface area contributed by atoms with Gasteiger partial charge >= 0.3 is 0 Å². The molecule has 0 bridgehead atoms. The highest BCUT2D eigenvalue weighted by atomic mass is 19.1. The summed E-state index contributed by atoms with van der Waals surface area (Å²) in [6.07, 6.45) is 2.26. The van der Waals surface area contributed by atoms with E-state index in [1.807, 2.05) is 13.0 Å². The lowest BCUT2D eigenvalue weighted by molar-refractivity contribution is -0.122. The number of carbonyl (C=O) groups excluding carboxylic acids is 1. The number of rotatable bonds is 7. The van der Waals surface area contributed by atoms with Crippen molar-refractivity contribution in [2.75, 3.05) is 6.54 Å². The Labute approximate surface area is 114 Å². The summed E-state index contributed by atoms with van der Waals surface area (Å²) in [7, 11) is 0. The molecule has 1 unspecified atom stereocenters. The van der Waals surface area contributed by atoms with Crippen molar-refractivity contribution in [2.45, 2.75) is 39.2 Å². The molecule has 19 heavy (non-hydrogen) atoms. The van der Waals surface area contributed by atoms with Crippen LogP contribution in [0.1, 0.15) is 44.7 Å². The fourth-order valence-electron chi connectivity index (χ4n) is 1.98. The number of benzene rings is 1. The summed E-state index contributed by atoms with van der Waals surface area (Å²) in [5.74, 6) is 0.177. The lowest BCUT2D eigenvalue weighted by Gasteiger charge is -2.15. The van der Waals surface area contributed by atoms with E-state index in [1.165, 1.54) is 12.1 Å². The van der Waals surface area contributed by atoms with E-state index in [-0.39, 0.29) is 17.8 Å². The second-order valence-electron chi connectivity index (χ2n) is 5.07. The van der Waals surface area contributed by atoms with Crippen molar-refractivity contribution < 1.29 is 9.18 Å². The van der Waals surface area contributed by atoms with E-state index in [0.29, 0.717) is 18.9 Å². The summed E-state index contributed by atoms with van der Waals surface area (Å²) in [4.78, 5) is 11.8. The van der Waals surface area contributed by atoms with Crippen molar-refractivity contribution in [1.82, 2.24) is 5.32 Å². The SMILES string of the molecule is CC(CCN)CCC(=O)N[C@H](C)c1cccc(F)c1. The Hall–Kier alpha value is -1.42. The molecule has 0 aliphatic heterocycles. The fraction of sp³-hybridized carbons (Fsp3) is 0.533. The smallest absolute Gasteiger partial charge is 0.220 e. The van der Waals surface area contributed by atoms with Gasteiger partial charge in [-0.2, -0.15) is 0 Å². The van der Waals surface area contributed by atoms with Gasteiger partial charge in [0, 0.05) is 6.42 Å². The summed E-state index contributed by atoms with van der Waals surface area (Å²) in [5.41, 5.74) is 6.25. The third-order valence-corrected chi connectivity index (χ3v) is 3.25. The molecule has 0 fully saturated rings. The van der Waals surface area contributed by atoms with E-state index < -0.39 is 0 Å². The van der Waals surface area contributed by atoms with Crippen LogP contribution in [0, 0.1) is 11.7 Å². The Kier molecular flexibility index (Phi) is 6.50. The molecule has 0 saturated heterocycles. The minimum atomic E-state index is -0.282. The van der Waals surface area contributed by atoms with Gasteiger partial charge in [-0.15, -0.1) is 0 Å². The van der Waals surface area contributed by atoms with Gasteiger partial charge in [-0.3, -0.25) is 4.79 Å². The second-order valence-corrected chi connectivity index (χ2v) is 5.07. The van der Waals surface area contributed by atoms with E-state index in [1.54, 1.807) is 6.07 Å². The van der Waals surface area contributed by atoms with Crippen LogP contribution in [0.4, 0.5) is 4.39 Å². The van der Waals surface area contributed by atoms with Crippen LogP contribution in [0.2, 0.25) is 0 Å². The van der Waals surface area contributed by atoms with E-state index in [0.717, 1.165) is 18.4 Å². The van der Waals surface area contributed by atoms with Gasteiger partial charge < -0.3 is 11.1 Å². The molecule has 0 spiro atoms. The number of hydrogen-bond donors (Lipinski definition) is 2. The number of halogens is 1. The third kappa shape index (κ3) is 5.83. The van der Waals surface area contributed by atoms with Crippen LogP contribution in [0.5, 0.6) is 0 Å². The molecule has 1 rings (SSSR count). The largest absolute Gasteiger partial charge is 0.350 e. The number of nitrogens with one attached hydrogen (secondary N) is 1. The van der Waals surface area contributed by atoms with Gasteiger partial charge in [0.2, 0.25) is 5.91 Å². The lowest BCUT2D eigenvalue weighted by atomic mass is 10.0. The minimum Gasteiger partial charge on any atom is -0.350 e. The molecule has 106 valence electrons. The molecule has 1 amide bonds. The van der Waals surface area contributed by atoms with Crippen LogP contribution >= 0.6 is 0 Å². The van der Waals surface area contributed by atoms with Crippen molar-refractivity contribution >= 4 is 5.91 Å². The van der Waals surface area contributed by atoms with Crippen molar-refractivity contribution in [3.63, 3.8) is 0 Å². The summed E-state index contributed by atoms with van der Waals surface area (Å²) in [6, 6.07) is 6.13. The first-order chi connectivity index (χ1) is 9.02. The molecule has 1 aromatic rings. The highest BCUT2D eigenvalue weighted by Crippen LogP contribution is 2.14. The summed E-state index contributed by atoms with van der Waals surface area (Å²) in [5, 5.41) is 2.88. The molecule has 0 saturated carbocycles. The topological polar surface area (TPSA) is 55.1 Å². The predicted molar refractivity (Wildman–Crippen MR) is 75.0 cm³/mol. The Morgan fingerprint density at radius 3 is 2.74 bits per heavy atom. The number of carbonyl (C=O) groups is 1.